The van der Waals surface area contributed by atoms with Crippen LogP contribution in [0.2, 0.25) is 0 Å². The Morgan fingerprint density at radius 3 is 1.05 bits per heavy atom. The van der Waals surface area contributed by atoms with Crippen molar-refractivity contribution in [1.82, 2.24) is 0 Å². The fraction of sp³-hybridized carbons (Fsp3) is 0.864. The minimum Gasteiger partial charge on any atom is -0.481 e. The highest BCUT2D eigenvalue weighted by atomic mass is 16.6. The van der Waals surface area contributed by atoms with E-state index in [1.165, 1.54) is 7.11 Å². The molecule has 19 atom stereocenters. The first-order valence-electron chi connectivity index (χ1n) is 29.7. The molecule has 0 aromatic heterocycles. The molecule has 0 bridgehead atoms. The molecule has 6 fully saturated rings. The highest BCUT2D eigenvalue weighted by Gasteiger charge is 2.55. The van der Waals surface area contributed by atoms with Gasteiger partial charge in [-0.3, -0.25) is 38.4 Å². The van der Waals surface area contributed by atoms with E-state index in [9.17, 15) is 48.6 Å². The van der Waals surface area contributed by atoms with Crippen LogP contribution in [0, 0.1) is 52.8 Å². The quantitative estimate of drug-likeness (QED) is 0.0551. The minimum absolute atomic E-state index is 0.0116. The number of carbonyl (C=O) groups is 8. The third-order valence-electron chi connectivity index (χ3n) is 17.6. The molecule has 1 saturated carbocycles. The van der Waals surface area contributed by atoms with Crippen LogP contribution in [-0.4, -0.2) is 166 Å². The summed E-state index contributed by atoms with van der Waals surface area (Å²) in [4.78, 5) is 91.4. The predicted octanol–water partition coefficient (Wildman–Crippen LogP) is 8.79. The number of rotatable bonds is 22. The number of esters is 2. The lowest BCUT2D eigenvalue weighted by Crippen LogP contribution is -2.41. The molecule has 5 heterocycles. The van der Waals surface area contributed by atoms with Gasteiger partial charge in [0.1, 0.15) is 5.60 Å². The average molecular weight is 1160 g/mol. The zero-order valence-electron chi connectivity index (χ0n) is 50.6. The van der Waals surface area contributed by atoms with Crippen molar-refractivity contribution in [2.75, 3.05) is 20.8 Å². The number of aliphatic carboxylic acids is 6. The molecular weight excluding hydrogens is 1060 g/mol. The molecule has 0 amide bonds. The third kappa shape index (κ3) is 18.0. The number of methoxy groups -OCH3 is 2. The Balaban J connectivity index is 0.000000350. The summed E-state index contributed by atoms with van der Waals surface area (Å²) in [7, 11) is 2.87. The molecule has 0 spiro atoms. The van der Waals surface area contributed by atoms with E-state index >= 15 is 0 Å². The molecule has 6 N–H and O–H groups in total. The van der Waals surface area contributed by atoms with Gasteiger partial charge in [0.15, 0.2) is 0 Å². The fourth-order valence-electron chi connectivity index (χ4n) is 12.9. The summed E-state index contributed by atoms with van der Waals surface area (Å²) in [5.74, 6) is -11.7. The van der Waals surface area contributed by atoms with Crippen LogP contribution < -0.4 is 0 Å². The van der Waals surface area contributed by atoms with Crippen molar-refractivity contribution in [3.63, 3.8) is 0 Å². The summed E-state index contributed by atoms with van der Waals surface area (Å²) in [5.41, 5.74) is -1.06. The molecule has 5 aliphatic heterocycles. The Bertz CT molecular complexity index is 1980. The van der Waals surface area contributed by atoms with Gasteiger partial charge in [-0.2, -0.15) is 0 Å². The number of hydrogen-bond donors (Lipinski definition) is 6. The van der Waals surface area contributed by atoms with E-state index in [4.69, 9.17) is 53.6 Å². The Hall–Kier alpha value is -4.48. The maximum Gasteiger partial charge on any atom is 0.313 e. The molecule has 5 saturated heterocycles. The molecule has 0 radical (unpaired) electrons. The Labute approximate surface area is 479 Å². The molecule has 1 aliphatic carbocycles. The molecule has 22 nitrogen and oxygen atoms in total. The topological polar surface area (TPSA) is 332 Å². The second-order valence-corrected chi connectivity index (χ2v) is 22.3. The molecule has 6 aliphatic rings. The van der Waals surface area contributed by atoms with Crippen LogP contribution in [0.15, 0.2) is 0 Å². The third-order valence-corrected chi connectivity index (χ3v) is 17.6. The second-order valence-electron chi connectivity index (χ2n) is 22.3. The zero-order valence-corrected chi connectivity index (χ0v) is 50.6. The predicted molar refractivity (Wildman–Crippen MR) is 294 cm³/mol. The van der Waals surface area contributed by atoms with E-state index in [0.717, 1.165) is 57.8 Å². The van der Waals surface area contributed by atoms with Crippen LogP contribution in [0.25, 0.3) is 0 Å². The first-order valence-corrected chi connectivity index (χ1v) is 29.7. The lowest BCUT2D eigenvalue weighted by Gasteiger charge is -2.30. The summed E-state index contributed by atoms with van der Waals surface area (Å²) in [6.07, 6.45) is 9.50. The maximum atomic E-state index is 12.7. The summed E-state index contributed by atoms with van der Waals surface area (Å²) in [6.45, 7) is 23.4. The summed E-state index contributed by atoms with van der Waals surface area (Å²) in [6, 6.07) is 0. The lowest BCUT2D eigenvalue weighted by atomic mass is 9.80. The van der Waals surface area contributed by atoms with Crippen molar-refractivity contribution >= 4 is 47.8 Å². The number of carbonyl (C=O) groups excluding carboxylic acids is 2. The van der Waals surface area contributed by atoms with Crippen molar-refractivity contribution < 1.29 is 107 Å². The Morgan fingerprint density at radius 1 is 0.432 bits per heavy atom. The van der Waals surface area contributed by atoms with Gasteiger partial charge >= 0.3 is 47.8 Å². The lowest BCUT2D eigenvalue weighted by molar-refractivity contribution is -0.170. The largest absolute Gasteiger partial charge is 0.481 e. The van der Waals surface area contributed by atoms with Gasteiger partial charge in [-0.05, 0) is 110 Å². The van der Waals surface area contributed by atoms with Gasteiger partial charge in [-0.25, -0.2) is 0 Å². The van der Waals surface area contributed by atoms with Gasteiger partial charge in [0.05, 0.1) is 122 Å². The van der Waals surface area contributed by atoms with Gasteiger partial charge in [0.2, 0.25) is 0 Å². The summed E-state index contributed by atoms with van der Waals surface area (Å²) >= 11 is 0. The van der Waals surface area contributed by atoms with E-state index in [1.807, 2.05) is 62.3 Å². The zero-order chi connectivity index (χ0) is 61.7. The molecule has 22 heteroatoms. The van der Waals surface area contributed by atoms with E-state index in [1.54, 1.807) is 27.9 Å². The highest BCUT2D eigenvalue weighted by molar-refractivity contribution is 5.84. The molecule has 468 valence electrons. The molecule has 0 aromatic rings. The standard InChI is InChI=1S/C17H28O5.C11H18O5.C11H20O4.C10H16O5.C10H18O3/c1-4-11-13(15(18)19)14(12(5-2)21-11)16(20)22-17(6-3)9-7-8-10-17;1-4-6-8(10(12)13)9(11(14)15-3)7(5-2)16-6;1-4-8-7(6-14-3)10(11(12)13)9(5-2)15-8;1-3-5-7(9(11)12)8(10(13)14)6(4-2)15-5;1-4-7-6-10(3,9(11)12)8(5-2)13-7/h11-14H,4-10H2,1-3H3,(H,18,19);6-9H,4-5H2,1-3H3,(H,12,13);7-10H,4-6H2,1-3H3,(H,12,13);5-8H,3-4H2,1-2H3,(H,11,12)(H,13,14);7-8H,4-6H2,1-3H3,(H,11,12). The van der Waals surface area contributed by atoms with Crippen molar-refractivity contribution in [2.24, 2.45) is 52.8 Å². The second kappa shape index (κ2) is 34.3. The van der Waals surface area contributed by atoms with Crippen molar-refractivity contribution in [2.45, 2.75) is 252 Å². The van der Waals surface area contributed by atoms with Crippen LogP contribution in [0.3, 0.4) is 0 Å². The SMILES string of the molecule is CCC1CC(C)(C(=O)O)C(CC)O1.CCC1OC(CC)C(C(=O)O)C1C(=O)O.CCC1OC(CC)C(C(=O)O)C1COC.CCC1OC(CC)C(C(=O)OC)C1C(=O)O.CCC1OC(CC)C(C(=O)OC2(CC)CCCC2)C1C(=O)O. The van der Waals surface area contributed by atoms with Gasteiger partial charge < -0.3 is 68.5 Å². The normalized spacial score (nSPS) is 35.3. The molecule has 19 unspecified atom stereocenters. The van der Waals surface area contributed by atoms with Crippen molar-refractivity contribution in [3.05, 3.63) is 0 Å². The van der Waals surface area contributed by atoms with E-state index in [2.05, 4.69) is 4.74 Å². The van der Waals surface area contributed by atoms with Crippen molar-refractivity contribution in [1.29, 1.82) is 0 Å². The number of ether oxygens (including phenoxy) is 8. The highest BCUT2D eigenvalue weighted by Crippen LogP contribution is 2.44. The minimum atomic E-state index is -1.08. The van der Waals surface area contributed by atoms with Crippen LogP contribution in [-0.2, 0) is 76.3 Å². The molecule has 81 heavy (non-hydrogen) atoms. The van der Waals surface area contributed by atoms with Crippen molar-refractivity contribution in [3.8, 4) is 0 Å². The first-order chi connectivity index (χ1) is 38.3. The van der Waals surface area contributed by atoms with E-state index < -0.39 is 113 Å². The van der Waals surface area contributed by atoms with Gasteiger partial charge in [-0.1, -0.05) is 76.2 Å². The fourth-order valence-corrected chi connectivity index (χ4v) is 12.9. The number of carboxylic acids is 6. The summed E-state index contributed by atoms with van der Waals surface area (Å²) < 4.78 is 43.8. The first kappa shape index (κ1) is 72.6. The van der Waals surface area contributed by atoms with Crippen LogP contribution in [0.4, 0.5) is 0 Å². The summed E-state index contributed by atoms with van der Waals surface area (Å²) in [5, 5.41) is 55.0. The van der Waals surface area contributed by atoms with Gasteiger partial charge in [-0.15, -0.1) is 0 Å². The molecule has 6 rings (SSSR count). The van der Waals surface area contributed by atoms with E-state index in [-0.39, 0.29) is 54.1 Å². The average Bonchev–Trinajstić information content (AvgIpc) is 4.39. The smallest absolute Gasteiger partial charge is 0.313 e. The van der Waals surface area contributed by atoms with Gasteiger partial charge in [0, 0.05) is 13.0 Å². The molecule has 0 aromatic carbocycles. The van der Waals surface area contributed by atoms with Crippen LogP contribution in [0.1, 0.15) is 186 Å². The van der Waals surface area contributed by atoms with E-state index in [0.29, 0.717) is 51.6 Å². The monoisotopic (exact) mass is 1160 g/mol. The maximum absolute atomic E-state index is 12.7. The number of carboxylic acid groups (broad SMARTS) is 6. The number of hydrogen-bond acceptors (Lipinski definition) is 16. The van der Waals surface area contributed by atoms with Gasteiger partial charge in [0.25, 0.3) is 0 Å². The molecular formula is C59H100O22. The van der Waals surface area contributed by atoms with Crippen LogP contribution >= 0.6 is 0 Å². The van der Waals surface area contributed by atoms with Crippen LogP contribution in [0.5, 0.6) is 0 Å². The Kier molecular flexibility index (Phi) is 30.8. The Morgan fingerprint density at radius 2 is 0.765 bits per heavy atom.